The molecule has 1 amide bonds. The summed E-state index contributed by atoms with van der Waals surface area (Å²) in [5.41, 5.74) is 0.844. The van der Waals surface area contributed by atoms with E-state index in [-0.39, 0.29) is 0 Å². The molecule has 0 bridgehead atoms. The van der Waals surface area contributed by atoms with Crippen molar-refractivity contribution in [1.82, 2.24) is 14.7 Å². The Morgan fingerprint density at radius 2 is 1.42 bits per heavy atom. The Labute approximate surface area is 148 Å². The molecule has 138 valence electrons. The lowest BCUT2D eigenvalue weighted by atomic mass is 9.65. The van der Waals surface area contributed by atoms with Gasteiger partial charge in [-0.1, -0.05) is 0 Å². The van der Waals surface area contributed by atoms with Crippen LogP contribution >= 0.6 is 0 Å². The molecule has 2 aliphatic heterocycles. The summed E-state index contributed by atoms with van der Waals surface area (Å²) in [6, 6.07) is 0. The lowest BCUT2D eigenvalue weighted by Gasteiger charge is -2.49. The molecule has 0 radical (unpaired) electrons. The molecule has 1 aliphatic carbocycles. The minimum Gasteiger partial charge on any atom is -0.340 e. The zero-order valence-corrected chi connectivity index (χ0v) is 16.3. The van der Waals surface area contributed by atoms with Crippen LogP contribution in [0.15, 0.2) is 0 Å². The fourth-order valence-electron chi connectivity index (χ4n) is 4.91. The number of piperidine rings is 1. The second-order valence-electron chi connectivity index (χ2n) is 9.56. The van der Waals surface area contributed by atoms with E-state index in [1.165, 1.54) is 38.8 Å². The van der Waals surface area contributed by atoms with Gasteiger partial charge < -0.3 is 9.80 Å². The van der Waals surface area contributed by atoms with E-state index >= 15 is 0 Å². The Balaban J connectivity index is 1.48. The van der Waals surface area contributed by atoms with Gasteiger partial charge in [-0.15, -0.1) is 0 Å². The number of nitrogens with zero attached hydrogens (tertiary/aromatic N) is 3. The number of likely N-dealkylation sites (tertiary alicyclic amines) is 1. The molecule has 1 saturated carbocycles. The molecule has 2 saturated heterocycles. The van der Waals surface area contributed by atoms with Crippen LogP contribution in [0.5, 0.6) is 0 Å². The van der Waals surface area contributed by atoms with Crippen molar-refractivity contribution in [2.24, 2.45) is 11.3 Å². The number of carbonyl (C=O) groups excluding carboxylic acids is 1. The van der Waals surface area contributed by atoms with Crippen molar-refractivity contribution in [3.8, 4) is 0 Å². The van der Waals surface area contributed by atoms with E-state index in [2.05, 4.69) is 42.5 Å². The highest BCUT2D eigenvalue weighted by molar-refractivity contribution is 5.79. The Morgan fingerprint density at radius 3 is 1.92 bits per heavy atom. The van der Waals surface area contributed by atoms with Crippen molar-refractivity contribution in [3.63, 3.8) is 0 Å². The van der Waals surface area contributed by atoms with Gasteiger partial charge in [0.05, 0.1) is 0 Å². The number of hydrogen-bond acceptors (Lipinski definition) is 3. The highest BCUT2D eigenvalue weighted by Gasteiger charge is 2.41. The normalized spacial score (nSPS) is 27.6. The molecular weight excluding hydrogens is 298 g/mol. The molecule has 0 aromatic heterocycles. The first-order valence-electron chi connectivity index (χ1n) is 10.0. The molecule has 0 aromatic rings. The second kappa shape index (κ2) is 6.95. The fraction of sp³-hybridized carbons (Fsp3) is 0.950. The van der Waals surface area contributed by atoms with Gasteiger partial charge in [-0.2, -0.15) is 0 Å². The first-order chi connectivity index (χ1) is 11.3. The van der Waals surface area contributed by atoms with Gasteiger partial charge in [0.15, 0.2) is 0 Å². The highest BCUT2D eigenvalue weighted by Crippen LogP contribution is 2.47. The molecule has 0 N–H and O–H groups in total. The average molecular weight is 336 g/mol. The smallest absolute Gasteiger partial charge is 0.225 e. The molecule has 3 aliphatic rings. The quantitative estimate of drug-likeness (QED) is 0.737. The monoisotopic (exact) mass is 335 g/mol. The molecule has 0 unspecified atom stereocenters. The average Bonchev–Trinajstić information content (AvgIpc) is 2.55. The Kier molecular flexibility index (Phi) is 5.27. The number of likely N-dealkylation sites (N-methyl/N-ethyl adjacent to an activating group) is 1. The molecule has 1 spiro atoms. The summed E-state index contributed by atoms with van der Waals surface area (Å²) in [5, 5.41) is 0. The van der Waals surface area contributed by atoms with Crippen molar-refractivity contribution in [1.29, 1.82) is 0 Å². The third-order valence-corrected chi connectivity index (χ3v) is 6.98. The molecule has 0 aromatic carbocycles. The van der Waals surface area contributed by atoms with E-state index in [9.17, 15) is 4.79 Å². The van der Waals surface area contributed by atoms with Gasteiger partial charge in [-0.05, 0) is 84.8 Å². The first-order valence-corrected chi connectivity index (χ1v) is 10.0. The number of amides is 1. The van der Waals surface area contributed by atoms with Crippen molar-refractivity contribution in [2.75, 3.05) is 46.3 Å². The van der Waals surface area contributed by atoms with Crippen molar-refractivity contribution < 1.29 is 4.79 Å². The van der Waals surface area contributed by atoms with Crippen molar-refractivity contribution >= 4 is 5.91 Å². The molecule has 3 fully saturated rings. The maximum atomic E-state index is 12.8. The minimum absolute atomic E-state index is 0.302. The molecule has 4 heteroatoms. The lowest BCUT2D eigenvalue weighted by Crippen LogP contribution is -2.51. The largest absolute Gasteiger partial charge is 0.340 e. The van der Waals surface area contributed by atoms with Gasteiger partial charge in [-0.25, -0.2) is 0 Å². The first kappa shape index (κ1) is 18.2. The summed E-state index contributed by atoms with van der Waals surface area (Å²) in [6.45, 7) is 13.4. The van der Waals surface area contributed by atoms with E-state index in [1.54, 1.807) is 0 Å². The van der Waals surface area contributed by atoms with Crippen LogP contribution in [-0.2, 0) is 4.79 Å². The topological polar surface area (TPSA) is 26.8 Å². The molecular formula is C20H37N3O. The molecule has 24 heavy (non-hydrogen) atoms. The maximum Gasteiger partial charge on any atom is 0.225 e. The van der Waals surface area contributed by atoms with E-state index in [1.807, 2.05) is 0 Å². The van der Waals surface area contributed by atoms with E-state index in [0.29, 0.717) is 22.8 Å². The summed E-state index contributed by atoms with van der Waals surface area (Å²) in [5.74, 6) is 0.754. The summed E-state index contributed by atoms with van der Waals surface area (Å²) >= 11 is 0. The van der Waals surface area contributed by atoms with Crippen LogP contribution < -0.4 is 0 Å². The molecule has 4 nitrogen and oxygen atoms in total. The van der Waals surface area contributed by atoms with Gasteiger partial charge in [0.2, 0.25) is 5.91 Å². The van der Waals surface area contributed by atoms with Crippen LogP contribution in [0.2, 0.25) is 0 Å². The Bertz CT molecular complexity index is 430. The summed E-state index contributed by atoms with van der Waals surface area (Å²) in [4.78, 5) is 19.9. The number of hydrogen-bond donors (Lipinski definition) is 0. The van der Waals surface area contributed by atoms with E-state index in [0.717, 1.165) is 39.0 Å². The van der Waals surface area contributed by atoms with Gasteiger partial charge >= 0.3 is 0 Å². The van der Waals surface area contributed by atoms with E-state index < -0.39 is 0 Å². The second-order valence-corrected chi connectivity index (χ2v) is 9.56. The summed E-state index contributed by atoms with van der Waals surface area (Å²) in [7, 11) is 2.15. The SMILES string of the molecule is CN1CCN(C(=O)C2CCC3(CC2)CCN(C(C)(C)C)CC3)CC1. The predicted octanol–water partition coefficient (Wildman–Crippen LogP) is 2.83. The van der Waals surface area contributed by atoms with Gasteiger partial charge in [-0.3, -0.25) is 9.69 Å². The highest BCUT2D eigenvalue weighted by atomic mass is 16.2. The fourth-order valence-corrected chi connectivity index (χ4v) is 4.91. The zero-order chi connectivity index (χ0) is 17.4. The molecule has 0 atom stereocenters. The van der Waals surface area contributed by atoms with Crippen LogP contribution in [0.3, 0.4) is 0 Å². The van der Waals surface area contributed by atoms with Crippen molar-refractivity contribution in [2.45, 2.75) is 64.8 Å². The van der Waals surface area contributed by atoms with Crippen LogP contribution in [0.4, 0.5) is 0 Å². The van der Waals surface area contributed by atoms with Crippen LogP contribution in [0.1, 0.15) is 59.3 Å². The number of piperazine rings is 1. The van der Waals surface area contributed by atoms with Crippen molar-refractivity contribution in [3.05, 3.63) is 0 Å². The number of carbonyl (C=O) groups is 1. The Morgan fingerprint density at radius 1 is 0.875 bits per heavy atom. The third kappa shape index (κ3) is 3.96. The van der Waals surface area contributed by atoms with Gasteiger partial charge in [0, 0.05) is 37.6 Å². The zero-order valence-electron chi connectivity index (χ0n) is 16.3. The standard InChI is InChI=1S/C20H37N3O/c1-19(2,3)23-11-9-20(10-12-23)7-5-17(6-8-20)18(24)22-15-13-21(4)14-16-22/h17H,5-16H2,1-4H3. The van der Waals surface area contributed by atoms with Crippen LogP contribution in [-0.4, -0.2) is 72.5 Å². The minimum atomic E-state index is 0.302. The van der Waals surface area contributed by atoms with Crippen LogP contribution in [0, 0.1) is 11.3 Å². The number of rotatable bonds is 1. The maximum absolute atomic E-state index is 12.8. The Hall–Kier alpha value is -0.610. The predicted molar refractivity (Wildman–Crippen MR) is 99.0 cm³/mol. The van der Waals surface area contributed by atoms with E-state index in [4.69, 9.17) is 0 Å². The lowest BCUT2D eigenvalue weighted by molar-refractivity contribution is -0.139. The van der Waals surface area contributed by atoms with Gasteiger partial charge in [0.25, 0.3) is 0 Å². The van der Waals surface area contributed by atoms with Gasteiger partial charge in [0.1, 0.15) is 0 Å². The molecule has 2 heterocycles. The summed E-state index contributed by atoms with van der Waals surface area (Å²) in [6.07, 6.45) is 7.46. The summed E-state index contributed by atoms with van der Waals surface area (Å²) < 4.78 is 0. The van der Waals surface area contributed by atoms with Crippen LogP contribution in [0.25, 0.3) is 0 Å². The third-order valence-electron chi connectivity index (χ3n) is 6.98. The molecule has 3 rings (SSSR count).